The van der Waals surface area contributed by atoms with E-state index in [0.29, 0.717) is 6.42 Å². The second kappa shape index (κ2) is 8.11. The third kappa shape index (κ3) is 4.67. The first-order valence-corrected chi connectivity index (χ1v) is 8.07. The third-order valence-corrected chi connectivity index (χ3v) is 3.90. The standard InChI is InChI=1S/C21H18NO3/c23-14-20(22-21(24)25-15-16-6-2-1-3-7-16)13-17-10-11-18-8-4-5-9-19(18)12-17/h1-12,20H,13,15H2,(H,22,24)/t20-/m0/s1. The second-order valence-electron chi connectivity index (χ2n) is 5.76. The molecule has 1 atom stereocenters. The van der Waals surface area contributed by atoms with E-state index in [1.165, 1.54) is 0 Å². The summed E-state index contributed by atoms with van der Waals surface area (Å²) < 4.78 is 5.14. The number of amides is 1. The van der Waals surface area contributed by atoms with E-state index in [0.717, 1.165) is 21.9 Å². The molecule has 3 aromatic rings. The molecule has 0 unspecified atom stereocenters. The summed E-state index contributed by atoms with van der Waals surface area (Å²) in [5, 5.41) is 4.78. The lowest BCUT2D eigenvalue weighted by Gasteiger charge is -2.13. The van der Waals surface area contributed by atoms with Crippen molar-refractivity contribution in [1.29, 1.82) is 0 Å². The fourth-order valence-electron chi connectivity index (χ4n) is 2.63. The minimum atomic E-state index is -0.746. The van der Waals surface area contributed by atoms with Gasteiger partial charge in [-0.3, -0.25) is 4.79 Å². The van der Waals surface area contributed by atoms with E-state index in [-0.39, 0.29) is 6.61 Å². The van der Waals surface area contributed by atoms with Crippen molar-refractivity contribution < 1.29 is 14.3 Å². The highest BCUT2D eigenvalue weighted by Gasteiger charge is 2.14. The van der Waals surface area contributed by atoms with Crippen molar-refractivity contribution in [3.8, 4) is 0 Å². The molecule has 0 aromatic heterocycles. The molecule has 0 aliphatic heterocycles. The number of hydrogen-bond acceptors (Lipinski definition) is 3. The Balaban J connectivity index is 1.57. The smallest absolute Gasteiger partial charge is 0.408 e. The molecule has 0 spiro atoms. The summed E-state index contributed by atoms with van der Waals surface area (Å²) in [6, 6.07) is 22.6. The molecule has 4 heteroatoms. The number of carbonyl (C=O) groups is 1. The van der Waals surface area contributed by atoms with Crippen LogP contribution in [0.4, 0.5) is 4.79 Å². The van der Waals surface area contributed by atoms with E-state index < -0.39 is 12.1 Å². The van der Waals surface area contributed by atoms with Gasteiger partial charge in [0.05, 0.1) is 0 Å². The highest BCUT2D eigenvalue weighted by atomic mass is 16.5. The van der Waals surface area contributed by atoms with E-state index in [9.17, 15) is 9.59 Å². The summed E-state index contributed by atoms with van der Waals surface area (Å²) in [5.74, 6) is 0. The van der Waals surface area contributed by atoms with Crippen molar-refractivity contribution in [2.45, 2.75) is 19.1 Å². The Morgan fingerprint density at radius 2 is 1.64 bits per heavy atom. The van der Waals surface area contributed by atoms with Crippen LogP contribution in [0.5, 0.6) is 0 Å². The maximum atomic E-state index is 11.9. The molecule has 0 saturated heterocycles. The van der Waals surface area contributed by atoms with Gasteiger partial charge in [0, 0.05) is 6.42 Å². The number of ether oxygens (including phenoxy) is 1. The summed E-state index contributed by atoms with van der Waals surface area (Å²) in [4.78, 5) is 23.1. The molecule has 0 bridgehead atoms. The Kier molecular flexibility index (Phi) is 5.42. The quantitative estimate of drug-likeness (QED) is 0.747. The van der Waals surface area contributed by atoms with Gasteiger partial charge in [-0.2, -0.15) is 0 Å². The molecule has 0 fully saturated rings. The van der Waals surface area contributed by atoms with Gasteiger partial charge in [0.25, 0.3) is 0 Å². The molecule has 1 N–H and O–H groups in total. The Hall–Kier alpha value is -3.14. The number of hydrogen-bond donors (Lipinski definition) is 1. The number of benzene rings is 3. The molecule has 1 amide bonds. The minimum absolute atomic E-state index is 0.161. The second-order valence-corrected chi connectivity index (χ2v) is 5.76. The van der Waals surface area contributed by atoms with Crippen LogP contribution in [0.25, 0.3) is 10.8 Å². The van der Waals surface area contributed by atoms with Crippen LogP contribution >= 0.6 is 0 Å². The topological polar surface area (TPSA) is 55.4 Å². The first-order valence-electron chi connectivity index (χ1n) is 8.07. The average Bonchev–Trinajstić information content (AvgIpc) is 2.66. The highest BCUT2D eigenvalue weighted by Crippen LogP contribution is 2.16. The van der Waals surface area contributed by atoms with Crippen LogP contribution in [0.1, 0.15) is 11.1 Å². The van der Waals surface area contributed by atoms with Crippen molar-refractivity contribution >= 4 is 23.2 Å². The lowest BCUT2D eigenvalue weighted by Crippen LogP contribution is -2.37. The molecule has 4 nitrogen and oxygen atoms in total. The van der Waals surface area contributed by atoms with E-state index in [1.54, 1.807) is 0 Å². The Labute approximate surface area is 146 Å². The molecule has 1 radical (unpaired) electrons. The number of alkyl carbamates (subject to hydrolysis) is 1. The van der Waals surface area contributed by atoms with Crippen LogP contribution < -0.4 is 5.32 Å². The molecule has 125 valence electrons. The van der Waals surface area contributed by atoms with Crippen LogP contribution in [0, 0.1) is 0 Å². The van der Waals surface area contributed by atoms with E-state index in [1.807, 2.05) is 79.1 Å². The van der Waals surface area contributed by atoms with Gasteiger partial charge in [-0.05, 0) is 21.9 Å². The zero-order chi connectivity index (χ0) is 17.5. The number of nitrogens with one attached hydrogen (secondary N) is 1. The van der Waals surface area contributed by atoms with Gasteiger partial charge in [0.2, 0.25) is 6.29 Å². The number of carbonyl (C=O) groups excluding carboxylic acids is 2. The zero-order valence-electron chi connectivity index (χ0n) is 13.6. The lowest BCUT2D eigenvalue weighted by atomic mass is 10.0. The zero-order valence-corrected chi connectivity index (χ0v) is 13.6. The van der Waals surface area contributed by atoms with Gasteiger partial charge in [0.1, 0.15) is 12.6 Å². The number of fused-ring (bicyclic) bond motifs is 1. The summed E-state index contributed by atoms with van der Waals surface area (Å²) in [6.07, 6.45) is 1.61. The molecule has 25 heavy (non-hydrogen) atoms. The van der Waals surface area contributed by atoms with Crippen molar-refractivity contribution in [1.82, 2.24) is 5.32 Å². The van der Waals surface area contributed by atoms with Crippen LogP contribution in [0.3, 0.4) is 0 Å². The minimum Gasteiger partial charge on any atom is -0.445 e. The molecule has 0 heterocycles. The molecular formula is C21H18NO3. The van der Waals surface area contributed by atoms with Gasteiger partial charge in [0.15, 0.2) is 0 Å². The summed E-state index contributed by atoms with van der Waals surface area (Å²) in [5.41, 5.74) is 1.84. The molecule has 0 aliphatic rings. The summed E-state index contributed by atoms with van der Waals surface area (Å²) in [6.45, 7) is 0.161. The number of rotatable bonds is 6. The Morgan fingerprint density at radius 3 is 2.40 bits per heavy atom. The van der Waals surface area contributed by atoms with Gasteiger partial charge in [-0.15, -0.1) is 0 Å². The predicted octanol–water partition coefficient (Wildman–Crippen LogP) is 3.79. The van der Waals surface area contributed by atoms with Crippen molar-refractivity contribution in [3.05, 3.63) is 83.9 Å². The van der Waals surface area contributed by atoms with E-state index >= 15 is 0 Å². The molecule has 3 aromatic carbocycles. The van der Waals surface area contributed by atoms with Gasteiger partial charge < -0.3 is 10.1 Å². The van der Waals surface area contributed by atoms with Crippen LogP contribution in [0.15, 0.2) is 72.8 Å². The SMILES string of the molecule is O=[C][C@H](Cc1ccc2ccccc2c1)NC(=O)OCc1ccccc1. The first-order chi connectivity index (χ1) is 12.2. The van der Waals surface area contributed by atoms with Gasteiger partial charge in [-0.25, -0.2) is 4.79 Å². The fourth-order valence-corrected chi connectivity index (χ4v) is 2.63. The van der Waals surface area contributed by atoms with E-state index in [4.69, 9.17) is 4.74 Å². The van der Waals surface area contributed by atoms with Gasteiger partial charge >= 0.3 is 6.09 Å². The average molecular weight is 332 g/mol. The van der Waals surface area contributed by atoms with Crippen molar-refractivity contribution in [2.75, 3.05) is 0 Å². The fraction of sp³-hybridized carbons (Fsp3) is 0.143. The predicted molar refractivity (Wildman–Crippen MR) is 96.9 cm³/mol. The molecule has 3 rings (SSSR count). The molecular weight excluding hydrogens is 314 g/mol. The maximum absolute atomic E-state index is 11.9. The molecule has 0 saturated carbocycles. The Morgan fingerprint density at radius 1 is 0.920 bits per heavy atom. The Bertz CT molecular complexity index is 861. The summed E-state index contributed by atoms with van der Waals surface area (Å²) in [7, 11) is 0. The van der Waals surface area contributed by atoms with Crippen LogP contribution in [0.2, 0.25) is 0 Å². The first kappa shape index (κ1) is 16.7. The largest absolute Gasteiger partial charge is 0.445 e. The third-order valence-electron chi connectivity index (χ3n) is 3.90. The maximum Gasteiger partial charge on any atom is 0.408 e. The van der Waals surface area contributed by atoms with E-state index in [2.05, 4.69) is 5.32 Å². The van der Waals surface area contributed by atoms with Crippen LogP contribution in [-0.4, -0.2) is 18.4 Å². The van der Waals surface area contributed by atoms with Crippen molar-refractivity contribution in [2.24, 2.45) is 0 Å². The van der Waals surface area contributed by atoms with Crippen LogP contribution in [-0.2, 0) is 22.6 Å². The summed E-state index contributed by atoms with van der Waals surface area (Å²) >= 11 is 0. The van der Waals surface area contributed by atoms with Gasteiger partial charge in [-0.1, -0.05) is 72.8 Å². The monoisotopic (exact) mass is 332 g/mol. The molecule has 0 aliphatic carbocycles. The lowest BCUT2D eigenvalue weighted by molar-refractivity contribution is 0.138. The highest BCUT2D eigenvalue weighted by molar-refractivity contribution is 5.83. The van der Waals surface area contributed by atoms with Crippen molar-refractivity contribution in [3.63, 3.8) is 0 Å². The normalized spacial score (nSPS) is 11.7.